The number of methoxy groups -OCH3 is 2. The zero-order valence-corrected chi connectivity index (χ0v) is 25.5. The molecule has 4 atom stereocenters. The first kappa shape index (κ1) is 33.0. The number of esters is 2. The largest absolute Gasteiger partial charge is 0.515 e. The van der Waals surface area contributed by atoms with Crippen LogP contribution < -0.4 is 21.6 Å². The van der Waals surface area contributed by atoms with Gasteiger partial charge in [-0.3, -0.25) is 23.2 Å². The van der Waals surface area contributed by atoms with Gasteiger partial charge in [-0.25, -0.2) is 19.8 Å². The Balaban J connectivity index is 1.97. The zero-order chi connectivity index (χ0) is 31.4. The third kappa shape index (κ3) is 7.48. The smallest absolute Gasteiger partial charge is 0.468 e. The summed E-state index contributed by atoms with van der Waals surface area (Å²) >= 11 is 0. The summed E-state index contributed by atoms with van der Waals surface area (Å²) in [6, 6.07) is -0.818. The van der Waals surface area contributed by atoms with Crippen molar-refractivity contribution in [2.24, 2.45) is 11.8 Å². The predicted octanol–water partition coefficient (Wildman–Crippen LogP) is 1.97. The first-order valence-corrected chi connectivity index (χ1v) is 14.9. The van der Waals surface area contributed by atoms with Crippen LogP contribution in [0.4, 0.5) is 10.6 Å². The SMILES string of the molecule is COC(=O)C(CC(C)C)NP(=O)(NC(CC(C)C)C(=O)OC)OCC1=C2OC(=O)OC2(C)[C@H](n2ccc(N)nc2=O)O1. The van der Waals surface area contributed by atoms with E-state index in [-0.39, 0.29) is 42.0 Å². The lowest BCUT2D eigenvalue weighted by atomic mass is 10.0. The first-order chi connectivity index (χ1) is 19.6. The molecule has 3 heterocycles. The maximum atomic E-state index is 14.3. The number of carbonyl (C=O) groups excluding carboxylic acids is 3. The number of aromatic nitrogens is 2. The summed E-state index contributed by atoms with van der Waals surface area (Å²) in [5, 5.41) is 5.40. The van der Waals surface area contributed by atoms with Gasteiger partial charge >= 0.3 is 31.5 Å². The molecule has 42 heavy (non-hydrogen) atoms. The van der Waals surface area contributed by atoms with Crippen LogP contribution in [0.2, 0.25) is 0 Å². The number of hydrogen-bond donors (Lipinski definition) is 3. The molecule has 0 aromatic carbocycles. The van der Waals surface area contributed by atoms with Crippen LogP contribution in [0.1, 0.15) is 53.7 Å². The van der Waals surface area contributed by atoms with Gasteiger partial charge in [0.15, 0.2) is 5.76 Å². The molecular formula is C25H38N5O11P. The second-order valence-corrected chi connectivity index (χ2v) is 12.7. The van der Waals surface area contributed by atoms with E-state index in [0.29, 0.717) is 0 Å². The summed E-state index contributed by atoms with van der Waals surface area (Å²) in [4.78, 5) is 53.6. The van der Waals surface area contributed by atoms with Crippen molar-refractivity contribution in [3.8, 4) is 0 Å². The van der Waals surface area contributed by atoms with Crippen molar-refractivity contribution in [1.29, 1.82) is 0 Å². The average Bonchev–Trinajstić information content (AvgIpc) is 3.34. The van der Waals surface area contributed by atoms with Crippen molar-refractivity contribution in [1.82, 2.24) is 19.7 Å². The number of fused-ring (bicyclic) bond motifs is 1. The Morgan fingerprint density at radius 2 is 1.64 bits per heavy atom. The molecule has 0 amide bonds. The van der Waals surface area contributed by atoms with Crippen LogP contribution in [0.15, 0.2) is 28.6 Å². The number of nitrogens with two attached hydrogens (primary N) is 1. The van der Waals surface area contributed by atoms with Crippen molar-refractivity contribution in [2.75, 3.05) is 26.6 Å². The van der Waals surface area contributed by atoms with E-state index in [1.54, 1.807) is 0 Å². The molecule has 4 N–H and O–H groups in total. The fraction of sp³-hybridized carbons (Fsp3) is 0.640. The van der Waals surface area contributed by atoms with Gasteiger partial charge in [0.1, 0.15) is 24.5 Å². The summed E-state index contributed by atoms with van der Waals surface area (Å²) in [5.41, 5.74) is 3.20. The Labute approximate surface area is 242 Å². The van der Waals surface area contributed by atoms with Gasteiger partial charge < -0.3 is 29.4 Å². The fourth-order valence-corrected chi connectivity index (χ4v) is 6.32. The molecule has 0 spiro atoms. The van der Waals surface area contributed by atoms with Crippen molar-refractivity contribution < 1.29 is 47.2 Å². The van der Waals surface area contributed by atoms with E-state index in [1.165, 1.54) is 33.4 Å². The molecule has 3 unspecified atom stereocenters. The van der Waals surface area contributed by atoms with Crippen LogP contribution >= 0.6 is 7.67 Å². The molecule has 2 aliphatic heterocycles. The van der Waals surface area contributed by atoms with Gasteiger partial charge in [0, 0.05) is 6.20 Å². The van der Waals surface area contributed by atoms with Crippen LogP contribution in [-0.2, 0) is 42.4 Å². The highest BCUT2D eigenvalue weighted by Gasteiger charge is 2.59. The van der Waals surface area contributed by atoms with E-state index < -0.39 is 62.0 Å². The Kier molecular flexibility index (Phi) is 10.4. The first-order valence-electron chi connectivity index (χ1n) is 13.2. The number of nitrogen functional groups attached to an aromatic ring is 1. The average molecular weight is 616 g/mol. The normalized spacial score (nSPS) is 22.6. The van der Waals surface area contributed by atoms with E-state index in [2.05, 4.69) is 15.2 Å². The maximum Gasteiger partial charge on any atom is 0.515 e. The van der Waals surface area contributed by atoms with Gasteiger partial charge in [-0.1, -0.05) is 27.7 Å². The van der Waals surface area contributed by atoms with Crippen LogP contribution in [-0.4, -0.2) is 66.2 Å². The molecule has 16 nitrogen and oxygen atoms in total. The predicted molar refractivity (Wildman–Crippen MR) is 146 cm³/mol. The van der Waals surface area contributed by atoms with Crippen molar-refractivity contribution in [3.63, 3.8) is 0 Å². The number of rotatable bonds is 14. The molecular weight excluding hydrogens is 577 g/mol. The Bertz CT molecular complexity index is 1290. The number of carbonyl (C=O) groups is 3. The second-order valence-electron chi connectivity index (χ2n) is 10.8. The van der Waals surface area contributed by atoms with Crippen LogP contribution in [0, 0.1) is 11.8 Å². The van der Waals surface area contributed by atoms with E-state index >= 15 is 0 Å². The lowest BCUT2D eigenvalue weighted by molar-refractivity contribution is -0.143. The molecule has 17 heteroatoms. The van der Waals surface area contributed by atoms with Gasteiger partial charge in [-0.15, -0.1) is 0 Å². The minimum atomic E-state index is -4.31. The number of hydrogen-bond acceptors (Lipinski definition) is 13. The number of nitrogens with zero attached hydrogens (tertiary/aromatic N) is 2. The van der Waals surface area contributed by atoms with Crippen molar-refractivity contribution in [2.45, 2.75) is 71.4 Å². The summed E-state index contributed by atoms with van der Waals surface area (Å²) < 4.78 is 47.5. The molecule has 234 valence electrons. The van der Waals surface area contributed by atoms with E-state index in [0.717, 1.165) is 4.57 Å². The molecule has 0 aliphatic carbocycles. The standard InChI is InChI=1S/C25H38N5O11P/c1-13(2)10-15(20(31)36-6)28-42(35,29-16(11-14(3)4)21(32)37-7)38-12-17-19-25(5,41-24(34)40-19)22(39-17)30-9-8-18(26)27-23(30)33/h8-9,13-16,22H,10-12H2,1-7H3,(H2,26,27,33)(H2,28,29,35)/t15?,16?,22-,25?,42?/m1/s1. The molecule has 0 saturated carbocycles. The maximum absolute atomic E-state index is 14.3. The van der Waals surface area contributed by atoms with Gasteiger partial charge in [-0.2, -0.15) is 4.98 Å². The topological polar surface area (TPSA) is 209 Å². The minimum absolute atomic E-state index is 0.0199. The van der Waals surface area contributed by atoms with E-state index in [4.69, 9.17) is 33.9 Å². The van der Waals surface area contributed by atoms with Gasteiger partial charge in [0.05, 0.1) is 14.2 Å². The lowest BCUT2D eigenvalue weighted by Gasteiger charge is -2.29. The molecule has 3 rings (SSSR count). The monoisotopic (exact) mass is 615 g/mol. The Morgan fingerprint density at radius 3 is 2.12 bits per heavy atom. The highest BCUT2D eigenvalue weighted by atomic mass is 31.2. The summed E-state index contributed by atoms with van der Waals surface area (Å²) in [6.45, 7) is 8.28. The minimum Gasteiger partial charge on any atom is -0.468 e. The van der Waals surface area contributed by atoms with Gasteiger partial charge in [0.2, 0.25) is 17.6 Å². The van der Waals surface area contributed by atoms with Crippen molar-refractivity contribution in [3.05, 3.63) is 34.3 Å². The Hall–Kier alpha value is -3.46. The lowest BCUT2D eigenvalue weighted by Crippen LogP contribution is -2.45. The number of nitrogens with one attached hydrogen (secondary N) is 2. The summed E-state index contributed by atoms with van der Waals surface area (Å²) in [7, 11) is -1.93. The number of ether oxygens (including phenoxy) is 5. The summed E-state index contributed by atoms with van der Waals surface area (Å²) in [5.74, 6) is -1.72. The quantitative estimate of drug-likeness (QED) is 0.155. The highest BCUT2D eigenvalue weighted by Crippen LogP contribution is 2.50. The second kappa shape index (κ2) is 13.2. The summed E-state index contributed by atoms with van der Waals surface area (Å²) in [6.07, 6.45) is -0.581. The van der Waals surface area contributed by atoms with Crippen molar-refractivity contribution >= 4 is 31.6 Å². The zero-order valence-electron chi connectivity index (χ0n) is 24.6. The molecule has 1 fully saturated rings. The fourth-order valence-electron chi connectivity index (χ4n) is 4.55. The molecule has 1 aromatic heterocycles. The third-order valence-corrected chi connectivity index (χ3v) is 8.22. The van der Waals surface area contributed by atoms with Crippen LogP contribution in [0.3, 0.4) is 0 Å². The van der Waals surface area contributed by atoms with E-state index in [1.807, 2.05) is 27.7 Å². The van der Waals surface area contributed by atoms with Crippen LogP contribution in [0.25, 0.3) is 0 Å². The third-order valence-electron chi connectivity index (χ3n) is 6.43. The van der Waals surface area contributed by atoms with Gasteiger partial charge in [0.25, 0.3) is 0 Å². The van der Waals surface area contributed by atoms with E-state index in [9.17, 15) is 23.7 Å². The van der Waals surface area contributed by atoms with Gasteiger partial charge in [-0.05, 0) is 37.7 Å². The van der Waals surface area contributed by atoms with Crippen LogP contribution in [0.5, 0.6) is 0 Å². The molecule has 0 bridgehead atoms. The molecule has 1 aromatic rings. The highest BCUT2D eigenvalue weighted by molar-refractivity contribution is 7.54. The molecule has 1 saturated heterocycles. The molecule has 0 radical (unpaired) electrons. The number of anilines is 1. The molecule has 2 aliphatic rings. The Morgan fingerprint density at radius 1 is 1.10 bits per heavy atom.